The predicted molar refractivity (Wildman–Crippen MR) is 135 cm³/mol. The van der Waals surface area contributed by atoms with Crippen molar-refractivity contribution in [3.05, 3.63) is 51.9 Å². The molecule has 2 aromatic heterocycles. The van der Waals surface area contributed by atoms with Crippen LogP contribution in [-0.4, -0.2) is 21.6 Å². The Morgan fingerprint density at radius 1 is 1.15 bits per heavy atom. The van der Waals surface area contributed by atoms with Gasteiger partial charge in [-0.2, -0.15) is 0 Å². The fraction of sp³-hybridized carbons (Fsp3) is 0.519. The van der Waals surface area contributed by atoms with Gasteiger partial charge < -0.3 is 4.74 Å². The summed E-state index contributed by atoms with van der Waals surface area (Å²) in [5, 5.41) is 2.54. The van der Waals surface area contributed by atoms with E-state index < -0.39 is 0 Å². The second-order valence-electron chi connectivity index (χ2n) is 10.6. The number of benzene rings is 1. The molecule has 0 bridgehead atoms. The van der Waals surface area contributed by atoms with Crippen molar-refractivity contribution < 1.29 is 9.53 Å². The molecule has 0 amide bonds. The van der Waals surface area contributed by atoms with Gasteiger partial charge in [0.2, 0.25) is 0 Å². The molecule has 1 saturated carbocycles. The molecule has 0 saturated heterocycles. The summed E-state index contributed by atoms with van der Waals surface area (Å²) in [6.07, 6.45) is 5.33. The molecule has 1 aromatic carbocycles. The number of carbonyl (C=O) groups excluding carboxylic acids is 1. The molecule has 0 atom stereocenters. The number of nitrogens with zero attached hydrogens (tertiary/aromatic N) is 2. The molecule has 0 unspecified atom stereocenters. The van der Waals surface area contributed by atoms with Crippen molar-refractivity contribution in [1.82, 2.24) is 9.55 Å². The SMILES string of the molecule is CC(C)c1ccc(-c2csc3ncn(CC(=O)OC4CCC(C(C)(C)C)CC4)c(=O)c23)cc1. The van der Waals surface area contributed by atoms with Gasteiger partial charge >= 0.3 is 5.97 Å². The van der Waals surface area contributed by atoms with Crippen molar-refractivity contribution in [2.45, 2.75) is 78.9 Å². The van der Waals surface area contributed by atoms with Crippen LogP contribution in [-0.2, 0) is 16.1 Å². The minimum Gasteiger partial charge on any atom is -0.461 e. The summed E-state index contributed by atoms with van der Waals surface area (Å²) < 4.78 is 7.11. The molecule has 6 heteroatoms. The highest BCUT2D eigenvalue weighted by Gasteiger charge is 2.31. The van der Waals surface area contributed by atoms with E-state index in [1.165, 1.54) is 27.8 Å². The van der Waals surface area contributed by atoms with Gasteiger partial charge in [-0.25, -0.2) is 4.98 Å². The van der Waals surface area contributed by atoms with E-state index in [0.717, 1.165) is 36.8 Å². The molecule has 0 radical (unpaired) electrons. The fourth-order valence-electron chi connectivity index (χ4n) is 4.75. The van der Waals surface area contributed by atoms with E-state index in [9.17, 15) is 9.59 Å². The van der Waals surface area contributed by atoms with Crippen LogP contribution in [0.5, 0.6) is 0 Å². The molecule has 4 rings (SSSR count). The molecule has 1 aliphatic carbocycles. The summed E-state index contributed by atoms with van der Waals surface area (Å²) in [6, 6.07) is 8.31. The minimum absolute atomic E-state index is 0.0559. The number of aromatic nitrogens is 2. The van der Waals surface area contributed by atoms with Gasteiger partial charge in [0.15, 0.2) is 0 Å². The van der Waals surface area contributed by atoms with Gasteiger partial charge in [0, 0.05) is 10.9 Å². The fourth-order valence-corrected chi connectivity index (χ4v) is 5.66. The first-order valence-corrected chi connectivity index (χ1v) is 12.8. The zero-order chi connectivity index (χ0) is 23.8. The quantitative estimate of drug-likeness (QED) is 0.408. The standard InChI is InChI=1S/C27H34N2O3S/c1-17(2)18-6-8-19(9-7-18)22-15-33-25-24(22)26(31)29(16-28-25)14-23(30)32-21-12-10-20(11-13-21)27(3,4)5/h6-9,15-17,20-21H,10-14H2,1-5H3. The smallest absolute Gasteiger partial charge is 0.326 e. The predicted octanol–water partition coefficient (Wildman–Crippen LogP) is 6.40. The number of rotatable bonds is 5. The second-order valence-corrected chi connectivity index (χ2v) is 11.5. The Hall–Kier alpha value is -2.47. The van der Waals surface area contributed by atoms with Crippen LogP contribution in [0.4, 0.5) is 0 Å². The highest BCUT2D eigenvalue weighted by molar-refractivity contribution is 7.17. The maximum absolute atomic E-state index is 13.3. The van der Waals surface area contributed by atoms with Crippen LogP contribution in [0.25, 0.3) is 21.3 Å². The molecular formula is C27H34N2O3S. The molecule has 5 nitrogen and oxygen atoms in total. The van der Waals surface area contributed by atoms with Crippen LogP contribution in [0.1, 0.15) is 71.8 Å². The van der Waals surface area contributed by atoms with E-state index >= 15 is 0 Å². The molecule has 176 valence electrons. The Morgan fingerprint density at radius 3 is 2.42 bits per heavy atom. The van der Waals surface area contributed by atoms with Gasteiger partial charge in [0.25, 0.3) is 5.56 Å². The average Bonchev–Trinajstić information content (AvgIpc) is 3.20. The number of hydrogen-bond acceptors (Lipinski definition) is 5. The van der Waals surface area contributed by atoms with Crippen LogP contribution in [0, 0.1) is 11.3 Å². The Morgan fingerprint density at radius 2 is 1.82 bits per heavy atom. The van der Waals surface area contributed by atoms with E-state index in [4.69, 9.17) is 4.74 Å². The van der Waals surface area contributed by atoms with Gasteiger partial charge in [-0.3, -0.25) is 14.2 Å². The summed E-state index contributed by atoms with van der Waals surface area (Å²) in [5.74, 6) is 0.746. The molecule has 1 aliphatic rings. The third-order valence-corrected chi connectivity index (χ3v) is 7.83. The third kappa shape index (κ3) is 5.21. The Balaban J connectivity index is 1.49. The highest BCUT2D eigenvalue weighted by Crippen LogP contribution is 2.38. The average molecular weight is 467 g/mol. The Kier molecular flexibility index (Phi) is 6.76. The van der Waals surface area contributed by atoms with E-state index in [1.807, 2.05) is 5.38 Å². The Labute approximate surface area is 199 Å². The monoisotopic (exact) mass is 466 g/mol. The zero-order valence-electron chi connectivity index (χ0n) is 20.3. The first-order valence-electron chi connectivity index (χ1n) is 11.9. The van der Waals surface area contributed by atoms with Crippen molar-refractivity contribution in [1.29, 1.82) is 0 Å². The largest absolute Gasteiger partial charge is 0.461 e. The molecular weight excluding hydrogens is 432 g/mol. The molecule has 0 aliphatic heterocycles. The molecule has 0 N–H and O–H groups in total. The molecule has 3 aromatic rings. The van der Waals surface area contributed by atoms with Crippen molar-refractivity contribution in [2.24, 2.45) is 11.3 Å². The number of hydrogen-bond donors (Lipinski definition) is 0. The van der Waals surface area contributed by atoms with Gasteiger partial charge in [-0.05, 0) is 54.1 Å². The molecule has 33 heavy (non-hydrogen) atoms. The van der Waals surface area contributed by atoms with Crippen LogP contribution < -0.4 is 5.56 Å². The van der Waals surface area contributed by atoms with Crippen LogP contribution in [0.15, 0.2) is 40.8 Å². The second kappa shape index (κ2) is 9.41. The lowest BCUT2D eigenvalue weighted by atomic mass is 9.72. The highest BCUT2D eigenvalue weighted by atomic mass is 32.1. The number of esters is 1. The lowest BCUT2D eigenvalue weighted by Gasteiger charge is -2.36. The van der Waals surface area contributed by atoms with Gasteiger partial charge in [-0.1, -0.05) is 58.9 Å². The van der Waals surface area contributed by atoms with E-state index in [1.54, 1.807) is 0 Å². The van der Waals surface area contributed by atoms with Crippen LogP contribution in [0.2, 0.25) is 0 Å². The zero-order valence-corrected chi connectivity index (χ0v) is 21.1. The number of carbonyl (C=O) groups is 1. The molecule has 2 heterocycles. The van der Waals surface area contributed by atoms with Gasteiger partial charge in [0.05, 0.1) is 11.7 Å². The lowest BCUT2D eigenvalue weighted by Crippen LogP contribution is -2.32. The summed E-state index contributed by atoms with van der Waals surface area (Å²) in [6.45, 7) is 11.0. The van der Waals surface area contributed by atoms with Crippen molar-refractivity contribution in [2.75, 3.05) is 0 Å². The molecule has 0 spiro atoms. The van der Waals surface area contributed by atoms with Gasteiger partial charge in [0.1, 0.15) is 17.5 Å². The topological polar surface area (TPSA) is 61.2 Å². The maximum atomic E-state index is 13.3. The molecule has 1 fully saturated rings. The number of fused-ring (bicyclic) bond motifs is 1. The van der Waals surface area contributed by atoms with Crippen LogP contribution in [0.3, 0.4) is 0 Å². The van der Waals surface area contributed by atoms with Crippen molar-refractivity contribution >= 4 is 27.5 Å². The maximum Gasteiger partial charge on any atom is 0.326 e. The first-order chi connectivity index (χ1) is 15.6. The van der Waals surface area contributed by atoms with Gasteiger partial charge in [-0.15, -0.1) is 11.3 Å². The summed E-state index contributed by atoms with van der Waals surface area (Å²) >= 11 is 1.45. The van der Waals surface area contributed by atoms with E-state index in [0.29, 0.717) is 22.1 Å². The van der Waals surface area contributed by atoms with Crippen LogP contribution >= 0.6 is 11.3 Å². The Bertz CT molecular complexity index is 1180. The first kappa shape index (κ1) is 23.7. The summed E-state index contributed by atoms with van der Waals surface area (Å²) in [4.78, 5) is 31.0. The summed E-state index contributed by atoms with van der Waals surface area (Å²) in [5.41, 5.74) is 3.20. The van der Waals surface area contributed by atoms with E-state index in [2.05, 4.69) is 63.9 Å². The minimum atomic E-state index is -0.365. The number of thiophene rings is 1. The van der Waals surface area contributed by atoms with E-state index in [-0.39, 0.29) is 29.6 Å². The van der Waals surface area contributed by atoms with Crippen molar-refractivity contribution in [3.63, 3.8) is 0 Å². The third-order valence-electron chi connectivity index (χ3n) is 6.95. The lowest BCUT2D eigenvalue weighted by molar-refractivity contribution is -0.152. The number of ether oxygens (including phenoxy) is 1. The normalized spacial score (nSPS) is 19.2. The van der Waals surface area contributed by atoms with Crippen molar-refractivity contribution in [3.8, 4) is 11.1 Å². The summed E-state index contributed by atoms with van der Waals surface area (Å²) in [7, 11) is 0.